The van der Waals surface area contributed by atoms with Crippen molar-refractivity contribution in [2.24, 2.45) is 17.8 Å². The number of aryl methyl sites for hydroxylation is 3. The molecule has 184 valence electrons. The van der Waals surface area contributed by atoms with Gasteiger partial charge in [-0.1, -0.05) is 0 Å². The van der Waals surface area contributed by atoms with Gasteiger partial charge in [0.25, 0.3) is 5.91 Å². The molecule has 2 amide bonds. The summed E-state index contributed by atoms with van der Waals surface area (Å²) in [6.45, 7) is 6.06. The molecule has 3 heterocycles. The molecule has 10 heteroatoms. The van der Waals surface area contributed by atoms with Crippen molar-refractivity contribution in [2.45, 2.75) is 59.0 Å². The fourth-order valence-electron chi connectivity index (χ4n) is 5.06. The third-order valence-corrected chi connectivity index (χ3v) is 7.03. The van der Waals surface area contributed by atoms with Crippen molar-refractivity contribution in [1.82, 2.24) is 30.3 Å². The zero-order valence-corrected chi connectivity index (χ0v) is 20.1. The fourth-order valence-corrected chi connectivity index (χ4v) is 5.06. The number of hydrogen-bond donors (Lipinski definition) is 3. The molecule has 0 aliphatic heterocycles. The summed E-state index contributed by atoms with van der Waals surface area (Å²) in [5, 5.41) is 16.9. The number of aromatic nitrogens is 5. The van der Waals surface area contributed by atoms with Gasteiger partial charge >= 0.3 is 0 Å². The van der Waals surface area contributed by atoms with Gasteiger partial charge in [0.05, 0.1) is 5.69 Å². The number of anilines is 1. The quantitative estimate of drug-likeness (QED) is 0.405. The van der Waals surface area contributed by atoms with Crippen LogP contribution in [0.2, 0.25) is 0 Å². The Morgan fingerprint density at radius 1 is 1.17 bits per heavy atom. The molecule has 1 atom stereocenters. The number of nitrogens with one attached hydrogen (secondary N) is 3. The predicted octanol–water partition coefficient (Wildman–Crippen LogP) is 3.62. The van der Waals surface area contributed by atoms with E-state index in [1.54, 1.807) is 36.0 Å². The molecule has 0 bridgehead atoms. The molecule has 9 nitrogen and oxygen atoms in total. The SMILES string of the molecule is CCn1nccc1C(=O)N[C@H](C(=O)Nc1ccc(-c2c(C)n[nH]c2C)c(F)n1)C(C1CC1)C1CC1. The van der Waals surface area contributed by atoms with Crippen LogP contribution in [-0.4, -0.2) is 42.8 Å². The van der Waals surface area contributed by atoms with E-state index in [0.29, 0.717) is 40.9 Å². The summed E-state index contributed by atoms with van der Waals surface area (Å²) < 4.78 is 16.6. The van der Waals surface area contributed by atoms with Gasteiger partial charge in [0.2, 0.25) is 11.9 Å². The van der Waals surface area contributed by atoms with Crippen molar-refractivity contribution in [3.8, 4) is 11.1 Å². The molecule has 2 saturated carbocycles. The monoisotopic (exact) mass is 479 g/mol. The predicted molar refractivity (Wildman–Crippen MR) is 128 cm³/mol. The van der Waals surface area contributed by atoms with E-state index in [-0.39, 0.29) is 23.6 Å². The van der Waals surface area contributed by atoms with Crippen LogP contribution in [0.15, 0.2) is 24.4 Å². The molecule has 0 unspecified atom stereocenters. The number of aromatic amines is 1. The fraction of sp³-hybridized carbons (Fsp3) is 0.480. The summed E-state index contributed by atoms with van der Waals surface area (Å²) in [7, 11) is 0. The molecule has 3 aromatic rings. The molecule has 2 aliphatic rings. The summed E-state index contributed by atoms with van der Waals surface area (Å²) in [6.07, 6.45) is 5.79. The third kappa shape index (κ3) is 4.69. The van der Waals surface area contributed by atoms with E-state index < -0.39 is 12.0 Å². The van der Waals surface area contributed by atoms with Gasteiger partial charge in [-0.15, -0.1) is 0 Å². The maximum absolute atomic E-state index is 15.0. The number of H-pyrrole nitrogens is 1. The average molecular weight is 480 g/mol. The van der Waals surface area contributed by atoms with Crippen molar-refractivity contribution in [3.63, 3.8) is 0 Å². The first-order valence-electron chi connectivity index (χ1n) is 12.2. The van der Waals surface area contributed by atoms with Crippen molar-refractivity contribution in [1.29, 1.82) is 0 Å². The second-order valence-corrected chi connectivity index (χ2v) is 9.57. The van der Waals surface area contributed by atoms with Gasteiger partial charge in [0.1, 0.15) is 17.6 Å². The van der Waals surface area contributed by atoms with Crippen LogP contribution in [0.25, 0.3) is 11.1 Å². The van der Waals surface area contributed by atoms with E-state index in [2.05, 4.69) is 30.9 Å². The number of rotatable bonds is 9. The number of halogens is 1. The molecule has 2 aliphatic carbocycles. The lowest BCUT2D eigenvalue weighted by molar-refractivity contribution is -0.119. The van der Waals surface area contributed by atoms with Gasteiger partial charge in [0.15, 0.2) is 0 Å². The Morgan fingerprint density at radius 2 is 1.89 bits per heavy atom. The number of carbonyl (C=O) groups is 2. The highest BCUT2D eigenvalue weighted by Gasteiger charge is 2.48. The second kappa shape index (κ2) is 9.24. The molecule has 5 rings (SSSR count). The van der Waals surface area contributed by atoms with Gasteiger partial charge in [-0.3, -0.25) is 19.4 Å². The summed E-state index contributed by atoms with van der Waals surface area (Å²) >= 11 is 0. The molecule has 0 saturated heterocycles. The maximum atomic E-state index is 15.0. The highest BCUT2D eigenvalue weighted by molar-refractivity contribution is 6.00. The van der Waals surface area contributed by atoms with Crippen LogP contribution >= 0.6 is 0 Å². The van der Waals surface area contributed by atoms with Crippen molar-refractivity contribution in [3.05, 3.63) is 47.4 Å². The van der Waals surface area contributed by atoms with E-state index in [9.17, 15) is 14.0 Å². The first-order valence-corrected chi connectivity index (χ1v) is 12.2. The van der Waals surface area contributed by atoms with E-state index >= 15 is 0 Å². The smallest absolute Gasteiger partial charge is 0.270 e. The number of amides is 2. The summed E-state index contributed by atoms with van der Waals surface area (Å²) in [5.74, 6) is -0.418. The Hall–Kier alpha value is -3.56. The van der Waals surface area contributed by atoms with Crippen LogP contribution in [0.4, 0.5) is 10.2 Å². The van der Waals surface area contributed by atoms with Crippen LogP contribution in [0, 0.1) is 37.5 Å². The first-order chi connectivity index (χ1) is 16.9. The van der Waals surface area contributed by atoms with Crippen LogP contribution in [-0.2, 0) is 11.3 Å². The third-order valence-electron chi connectivity index (χ3n) is 7.03. The van der Waals surface area contributed by atoms with Gasteiger partial charge in [-0.05, 0) is 82.4 Å². The number of carbonyl (C=O) groups excluding carboxylic acids is 2. The van der Waals surface area contributed by atoms with Gasteiger partial charge < -0.3 is 10.6 Å². The number of pyridine rings is 1. The summed E-state index contributed by atoms with van der Waals surface area (Å²) in [6, 6.07) is 4.09. The molecule has 35 heavy (non-hydrogen) atoms. The number of nitrogens with zero attached hydrogens (tertiary/aromatic N) is 4. The van der Waals surface area contributed by atoms with Crippen molar-refractivity contribution in [2.75, 3.05) is 5.32 Å². The van der Waals surface area contributed by atoms with Gasteiger partial charge in [-0.25, -0.2) is 4.98 Å². The first kappa shape index (κ1) is 23.2. The molecule has 0 spiro atoms. The molecule has 2 fully saturated rings. The Morgan fingerprint density at radius 3 is 2.46 bits per heavy atom. The van der Waals surface area contributed by atoms with Crippen LogP contribution in [0.3, 0.4) is 0 Å². The maximum Gasteiger partial charge on any atom is 0.270 e. The average Bonchev–Trinajstić information content (AvgIpc) is 3.76. The molecule has 0 aromatic carbocycles. The minimum atomic E-state index is -0.731. The van der Waals surface area contributed by atoms with E-state index in [1.807, 2.05) is 13.8 Å². The van der Waals surface area contributed by atoms with Gasteiger partial charge in [0, 0.05) is 29.6 Å². The Kier molecular flexibility index (Phi) is 6.12. The molecule has 3 N–H and O–H groups in total. The normalized spacial score (nSPS) is 16.4. The van der Waals surface area contributed by atoms with Crippen LogP contribution in [0.1, 0.15) is 54.5 Å². The van der Waals surface area contributed by atoms with E-state index in [1.165, 1.54) is 0 Å². The minimum Gasteiger partial charge on any atom is -0.339 e. The van der Waals surface area contributed by atoms with Crippen molar-refractivity contribution < 1.29 is 14.0 Å². The Balaban J connectivity index is 1.38. The zero-order valence-electron chi connectivity index (χ0n) is 20.1. The second-order valence-electron chi connectivity index (χ2n) is 9.57. The van der Waals surface area contributed by atoms with Crippen LogP contribution in [0.5, 0.6) is 0 Å². The highest BCUT2D eigenvalue weighted by atomic mass is 19.1. The Bertz CT molecular complexity index is 1230. The molecular weight excluding hydrogens is 449 g/mol. The van der Waals surface area contributed by atoms with Gasteiger partial charge in [-0.2, -0.15) is 14.6 Å². The molecular formula is C25H30FN7O2. The van der Waals surface area contributed by atoms with E-state index in [4.69, 9.17) is 0 Å². The van der Waals surface area contributed by atoms with Crippen molar-refractivity contribution >= 4 is 17.6 Å². The standard InChI is InChI=1S/C25H30FN7O2/c1-4-33-18(11-12-27-33)24(34)30-22(21(15-5-6-15)16-7-8-16)25(35)29-19-10-9-17(23(26)28-19)20-13(2)31-32-14(20)3/h9-12,15-16,21-22H,4-8H2,1-3H3,(H,30,34)(H,31,32)(H,28,29,35)/t22-/m0/s1. The lowest BCUT2D eigenvalue weighted by Gasteiger charge is -2.27. The summed E-state index contributed by atoms with van der Waals surface area (Å²) in [5.41, 5.74) is 2.80. The topological polar surface area (TPSA) is 118 Å². The lowest BCUT2D eigenvalue weighted by atomic mass is 9.88. The highest BCUT2D eigenvalue weighted by Crippen LogP contribution is 2.51. The summed E-state index contributed by atoms with van der Waals surface area (Å²) in [4.78, 5) is 30.6. The molecule has 3 aromatic heterocycles. The zero-order chi connectivity index (χ0) is 24.7. The molecule has 0 radical (unpaired) electrons. The lowest BCUT2D eigenvalue weighted by Crippen LogP contribution is -2.50. The minimum absolute atomic E-state index is 0.0531. The van der Waals surface area contributed by atoms with E-state index in [0.717, 1.165) is 31.4 Å². The Labute approximate surface area is 202 Å². The number of hydrogen-bond acceptors (Lipinski definition) is 5. The van der Waals surface area contributed by atoms with Crippen LogP contribution < -0.4 is 10.6 Å². The largest absolute Gasteiger partial charge is 0.339 e.